The molecule has 0 aliphatic rings. The van der Waals surface area contributed by atoms with Crippen molar-refractivity contribution in [3.05, 3.63) is 23.8 Å². The van der Waals surface area contributed by atoms with Gasteiger partial charge in [-0.05, 0) is 12.3 Å². The van der Waals surface area contributed by atoms with Gasteiger partial charge in [0.2, 0.25) is 0 Å². The highest BCUT2D eigenvalue weighted by Crippen LogP contribution is 2.26. The predicted octanol–water partition coefficient (Wildman–Crippen LogP) is 2.99. The Kier molecular flexibility index (Phi) is 4.43. The molecule has 1 unspecified atom stereocenters. The molecule has 0 saturated carbocycles. The fourth-order valence-corrected chi connectivity index (χ4v) is 1.82. The second kappa shape index (κ2) is 5.46. The number of hydrogen-bond acceptors (Lipinski definition) is 3. The zero-order chi connectivity index (χ0) is 13.9. The summed E-state index contributed by atoms with van der Waals surface area (Å²) < 4.78 is 0. The van der Waals surface area contributed by atoms with Gasteiger partial charge in [-0.3, -0.25) is 4.79 Å². The lowest BCUT2D eigenvalue weighted by Gasteiger charge is -2.22. The highest BCUT2D eigenvalue weighted by atomic mass is 16.4. The van der Waals surface area contributed by atoms with Crippen molar-refractivity contribution in [2.45, 2.75) is 52.4 Å². The van der Waals surface area contributed by atoms with E-state index in [9.17, 15) is 9.90 Å². The average Bonchev–Trinajstić information content (AvgIpc) is 2.29. The van der Waals surface area contributed by atoms with Crippen LogP contribution in [-0.4, -0.2) is 21.0 Å². The smallest absolute Gasteiger partial charge is 0.311 e. The Morgan fingerprint density at radius 1 is 1.33 bits per heavy atom. The fourth-order valence-electron chi connectivity index (χ4n) is 1.82. The highest BCUT2D eigenvalue weighted by Gasteiger charge is 2.26. The van der Waals surface area contributed by atoms with Crippen LogP contribution in [0.2, 0.25) is 0 Å². The maximum atomic E-state index is 11.2. The molecule has 1 aromatic heterocycles. The van der Waals surface area contributed by atoms with Crippen LogP contribution in [0.15, 0.2) is 12.4 Å². The summed E-state index contributed by atoms with van der Waals surface area (Å²) in [5.74, 6) is -0.572. The number of aliphatic carboxylic acids is 1. The van der Waals surface area contributed by atoms with E-state index in [-0.39, 0.29) is 11.3 Å². The van der Waals surface area contributed by atoms with Crippen LogP contribution in [0.4, 0.5) is 0 Å². The van der Waals surface area contributed by atoms with E-state index in [1.165, 1.54) is 0 Å². The monoisotopic (exact) mass is 250 g/mol. The van der Waals surface area contributed by atoms with Gasteiger partial charge in [0.05, 0.1) is 5.92 Å². The molecule has 1 rings (SSSR count). The van der Waals surface area contributed by atoms with Crippen LogP contribution in [0, 0.1) is 5.92 Å². The molecule has 0 fully saturated rings. The van der Waals surface area contributed by atoms with Crippen molar-refractivity contribution < 1.29 is 9.90 Å². The molecule has 0 amide bonds. The molecule has 0 bridgehead atoms. The quantitative estimate of drug-likeness (QED) is 0.872. The summed E-state index contributed by atoms with van der Waals surface area (Å²) in [7, 11) is 0. The van der Waals surface area contributed by atoms with Crippen LogP contribution in [0.5, 0.6) is 0 Å². The first-order valence-corrected chi connectivity index (χ1v) is 6.34. The van der Waals surface area contributed by atoms with Crippen LogP contribution < -0.4 is 0 Å². The molecule has 0 aliphatic heterocycles. The normalized spacial score (nSPS) is 13.7. The minimum atomic E-state index is -0.823. The van der Waals surface area contributed by atoms with E-state index in [4.69, 9.17) is 0 Å². The van der Waals surface area contributed by atoms with Gasteiger partial charge in [0.25, 0.3) is 0 Å². The van der Waals surface area contributed by atoms with Crippen molar-refractivity contribution in [1.82, 2.24) is 9.97 Å². The first-order valence-electron chi connectivity index (χ1n) is 6.34. The maximum absolute atomic E-state index is 11.2. The van der Waals surface area contributed by atoms with Gasteiger partial charge in [0, 0.05) is 23.4 Å². The molecule has 0 aromatic carbocycles. The molecular weight excluding hydrogens is 228 g/mol. The zero-order valence-corrected chi connectivity index (χ0v) is 11.8. The predicted molar refractivity (Wildman–Crippen MR) is 70.6 cm³/mol. The molecule has 100 valence electrons. The number of carbonyl (C=O) groups is 1. The van der Waals surface area contributed by atoms with Crippen molar-refractivity contribution in [2.75, 3.05) is 0 Å². The lowest BCUT2D eigenvalue weighted by atomic mass is 9.88. The van der Waals surface area contributed by atoms with Crippen LogP contribution in [-0.2, 0) is 10.2 Å². The van der Waals surface area contributed by atoms with Gasteiger partial charge >= 0.3 is 5.97 Å². The molecular formula is C14H22N2O2. The number of aromatic nitrogens is 2. The molecule has 18 heavy (non-hydrogen) atoms. The van der Waals surface area contributed by atoms with Crippen molar-refractivity contribution in [1.29, 1.82) is 0 Å². The van der Waals surface area contributed by atoms with Crippen LogP contribution >= 0.6 is 0 Å². The van der Waals surface area contributed by atoms with E-state index in [0.717, 1.165) is 12.2 Å². The van der Waals surface area contributed by atoms with Gasteiger partial charge in [0.1, 0.15) is 5.82 Å². The Balaban J connectivity index is 3.05. The number of hydrogen-bond donors (Lipinski definition) is 1. The molecule has 0 aliphatic carbocycles. The molecule has 1 N–H and O–H groups in total. The minimum absolute atomic E-state index is 0.0242. The molecule has 1 heterocycles. The molecule has 1 aromatic rings. The SMILES string of the molecule is CCC(C)(C)c1ncc(C(C(=O)O)C(C)C)cn1. The fraction of sp³-hybridized carbons (Fsp3) is 0.643. The van der Waals surface area contributed by atoms with E-state index in [0.29, 0.717) is 5.56 Å². The van der Waals surface area contributed by atoms with E-state index in [2.05, 4.69) is 30.7 Å². The Bertz CT molecular complexity index is 410. The second-order valence-electron chi connectivity index (χ2n) is 5.64. The Hall–Kier alpha value is -1.45. The third kappa shape index (κ3) is 3.06. The van der Waals surface area contributed by atoms with Gasteiger partial charge in [0.15, 0.2) is 0 Å². The molecule has 4 heteroatoms. The summed E-state index contributed by atoms with van der Waals surface area (Å²) in [4.78, 5) is 19.9. The summed E-state index contributed by atoms with van der Waals surface area (Å²) >= 11 is 0. The molecule has 4 nitrogen and oxygen atoms in total. The highest BCUT2D eigenvalue weighted by molar-refractivity contribution is 5.76. The standard InChI is InChI=1S/C14H22N2O2/c1-6-14(4,5)13-15-7-10(8-16-13)11(9(2)3)12(17)18/h7-9,11H,6H2,1-5H3,(H,17,18). The van der Waals surface area contributed by atoms with E-state index in [1.54, 1.807) is 12.4 Å². The summed E-state index contributed by atoms with van der Waals surface area (Å²) in [5.41, 5.74) is 0.600. The Morgan fingerprint density at radius 2 is 1.83 bits per heavy atom. The van der Waals surface area contributed by atoms with Crippen molar-refractivity contribution in [2.24, 2.45) is 5.92 Å². The minimum Gasteiger partial charge on any atom is -0.481 e. The first-order chi connectivity index (χ1) is 8.29. The molecule has 1 atom stereocenters. The van der Waals surface area contributed by atoms with Crippen LogP contribution in [0.3, 0.4) is 0 Å². The van der Waals surface area contributed by atoms with E-state index in [1.807, 2.05) is 13.8 Å². The van der Waals surface area contributed by atoms with Gasteiger partial charge < -0.3 is 5.11 Å². The largest absolute Gasteiger partial charge is 0.481 e. The number of carboxylic acids is 1. The lowest BCUT2D eigenvalue weighted by Crippen LogP contribution is -2.22. The molecule has 0 spiro atoms. The third-order valence-corrected chi connectivity index (χ3v) is 3.45. The summed E-state index contributed by atoms with van der Waals surface area (Å²) in [6.07, 6.45) is 4.25. The van der Waals surface area contributed by atoms with Crippen molar-refractivity contribution in [3.8, 4) is 0 Å². The van der Waals surface area contributed by atoms with Crippen LogP contribution in [0.1, 0.15) is 58.3 Å². The maximum Gasteiger partial charge on any atom is 0.311 e. The summed E-state index contributed by atoms with van der Waals surface area (Å²) in [6.45, 7) is 10.0. The molecule has 0 saturated heterocycles. The lowest BCUT2D eigenvalue weighted by molar-refractivity contribution is -0.139. The average molecular weight is 250 g/mol. The summed E-state index contributed by atoms with van der Waals surface area (Å²) in [6, 6.07) is 0. The van der Waals surface area contributed by atoms with Crippen molar-refractivity contribution >= 4 is 5.97 Å². The van der Waals surface area contributed by atoms with Gasteiger partial charge in [-0.2, -0.15) is 0 Å². The van der Waals surface area contributed by atoms with Crippen molar-refractivity contribution in [3.63, 3.8) is 0 Å². The van der Waals surface area contributed by atoms with E-state index < -0.39 is 11.9 Å². The molecule has 0 radical (unpaired) electrons. The third-order valence-electron chi connectivity index (χ3n) is 3.45. The van der Waals surface area contributed by atoms with Gasteiger partial charge in [-0.1, -0.05) is 34.6 Å². The number of nitrogens with zero attached hydrogens (tertiary/aromatic N) is 2. The van der Waals surface area contributed by atoms with E-state index >= 15 is 0 Å². The Labute approximate surface area is 108 Å². The topological polar surface area (TPSA) is 63.1 Å². The first kappa shape index (κ1) is 14.6. The van der Waals surface area contributed by atoms with Gasteiger partial charge in [-0.25, -0.2) is 9.97 Å². The van der Waals surface area contributed by atoms with Gasteiger partial charge in [-0.15, -0.1) is 0 Å². The number of carboxylic acid groups (broad SMARTS) is 1. The summed E-state index contributed by atoms with van der Waals surface area (Å²) in [5, 5.41) is 9.22. The van der Waals surface area contributed by atoms with Crippen LogP contribution in [0.25, 0.3) is 0 Å². The zero-order valence-electron chi connectivity index (χ0n) is 11.8. The number of rotatable bonds is 5. The second-order valence-corrected chi connectivity index (χ2v) is 5.64. The Morgan fingerprint density at radius 3 is 2.17 bits per heavy atom.